The fourth-order valence-corrected chi connectivity index (χ4v) is 3.84. The van der Waals surface area contributed by atoms with Crippen LogP contribution in [0.25, 0.3) is 0 Å². The van der Waals surface area contributed by atoms with E-state index in [9.17, 15) is 4.39 Å². The van der Waals surface area contributed by atoms with Crippen molar-refractivity contribution in [3.05, 3.63) is 57.0 Å². The summed E-state index contributed by atoms with van der Waals surface area (Å²) in [4.78, 5) is 2.96. The van der Waals surface area contributed by atoms with Gasteiger partial charge in [-0.2, -0.15) is 0 Å². The van der Waals surface area contributed by atoms with Crippen LogP contribution in [0.3, 0.4) is 0 Å². The van der Waals surface area contributed by atoms with Crippen molar-refractivity contribution in [1.29, 1.82) is 0 Å². The predicted molar refractivity (Wildman–Crippen MR) is 78.0 cm³/mol. The Morgan fingerprint density at radius 2 is 2.21 bits per heavy atom. The van der Waals surface area contributed by atoms with E-state index in [1.807, 2.05) is 17.4 Å². The quantitative estimate of drug-likeness (QED) is 0.880. The molecule has 2 aromatic rings. The summed E-state index contributed by atoms with van der Waals surface area (Å²) in [6.45, 7) is 2.95. The Morgan fingerprint density at radius 1 is 1.32 bits per heavy atom. The second-order valence-corrected chi connectivity index (χ2v) is 6.39. The van der Waals surface area contributed by atoms with E-state index in [2.05, 4.69) is 18.3 Å². The molecule has 0 fully saturated rings. The standard InChI is InChI=1S/C16H18FNS/c1-11(12-4-2-6-14(17)8-12)18-10-15-9-13-5-3-7-16(13)19-15/h2,4,6,8-9,11,18H,3,5,7,10H2,1H3. The normalized spacial score (nSPS) is 15.5. The highest BCUT2D eigenvalue weighted by Gasteiger charge is 2.15. The fourth-order valence-electron chi connectivity index (χ4n) is 2.63. The zero-order valence-corrected chi connectivity index (χ0v) is 11.9. The average Bonchev–Trinajstić information content (AvgIpc) is 2.96. The van der Waals surface area contributed by atoms with Gasteiger partial charge < -0.3 is 5.32 Å². The zero-order chi connectivity index (χ0) is 13.2. The van der Waals surface area contributed by atoms with E-state index in [1.54, 1.807) is 22.6 Å². The Kier molecular flexibility index (Phi) is 3.67. The molecule has 19 heavy (non-hydrogen) atoms. The fraction of sp³-hybridized carbons (Fsp3) is 0.375. The number of nitrogens with one attached hydrogen (secondary N) is 1. The van der Waals surface area contributed by atoms with Crippen LogP contribution in [0.15, 0.2) is 30.3 Å². The van der Waals surface area contributed by atoms with Gasteiger partial charge in [-0.05, 0) is 55.5 Å². The van der Waals surface area contributed by atoms with Crippen molar-refractivity contribution in [1.82, 2.24) is 5.32 Å². The molecule has 0 saturated heterocycles. The second kappa shape index (κ2) is 5.43. The summed E-state index contributed by atoms with van der Waals surface area (Å²) in [5, 5.41) is 3.47. The Hall–Kier alpha value is -1.19. The molecular weight excluding hydrogens is 257 g/mol. The number of hydrogen-bond donors (Lipinski definition) is 1. The maximum absolute atomic E-state index is 13.2. The van der Waals surface area contributed by atoms with Crippen molar-refractivity contribution in [2.45, 2.75) is 38.8 Å². The van der Waals surface area contributed by atoms with E-state index in [0.717, 1.165) is 12.1 Å². The van der Waals surface area contributed by atoms with E-state index in [-0.39, 0.29) is 11.9 Å². The third-order valence-electron chi connectivity index (χ3n) is 3.73. The molecule has 1 N–H and O–H groups in total. The number of halogens is 1. The van der Waals surface area contributed by atoms with Gasteiger partial charge in [-0.1, -0.05) is 12.1 Å². The lowest BCUT2D eigenvalue weighted by molar-refractivity contribution is 0.568. The maximum Gasteiger partial charge on any atom is 0.123 e. The number of benzene rings is 1. The van der Waals surface area contributed by atoms with Gasteiger partial charge in [0.2, 0.25) is 0 Å². The average molecular weight is 275 g/mol. The van der Waals surface area contributed by atoms with Crippen LogP contribution in [0.4, 0.5) is 4.39 Å². The first-order valence-corrected chi connectivity index (χ1v) is 7.63. The molecule has 1 aromatic carbocycles. The molecule has 1 atom stereocenters. The minimum Gasteiger partial charge on any atom is -0.305 e. The highest BCUT2D eigenvalue weighted by atomic mass is 32.1. The first-order valence-electron chi connectivity index (χ1n) is 6.81. The summed E-state index contributed by atoms with van der Waals surface area (Å²) in [7, 11) is 0. The van der Waals surface area contributed by atoms with Crippen LogP contribution >= 0.6 is 11.3 Å². The van der Waals surface area contributed by atoms with Gasteiger partial charge in [0.1, 0.15) is 5.82 Å². The number of thiophene rings is 1. The Balaban J connectivity index is 1.62. The summed E-state index contributed by atoms with van der Waals surface area (Å²) in [5.74, 6) is -0.166. The minimum absolute atomic E-state index is 0.166. The molecule has 0 amide bonds. The van der Waals surface area contributed by atoms with Gasteiger partial charge in [0.05, 0.1) is 0 Å². The molecule has 1 aromatic heterocycles. The second-order valence-electron chi connectivity index (χ2n) is 5.17. The molecule has 0 spiro atoms. The highest BCUT2D eigenvalue weighted by Crippen LogP contribution is 2.30. The first-order chi connectivity index (χ1) is 9.22. The predicted octanol–water partition coefficient (Wildman–Crippen LogP) is 4.23. The topological polar surface area (TPSA) is 12.0 Å². The first kappa shape index (κ1) is 12.8. The number of rotatable bonds is 4. The van der Waals surface area contributed by atoms with Crippen molar-refractivity contribution in [3.8, 4) is 0 Å². The van der Waals surface area contributed by atoms with E-state index in [0.29, 0.717) is 0 Å². The van der Waals surface area contributed by atoms with Gasteiger partial charge in [0.15, 0.2) is 0 Å². The van der Waals surface area contributed by atoms with Crippen molar-refractivity contribution in [2.24, 2.45) is 0 Å². The maximum atomic E-state index is 13.2. The van der Waals surface area contributed by atoms with Gasteiger partial charge in [-0.15, -0.1) is 11.3 Å². The number of aryl methyl sites for hydroxylation is 2. The van der Waals surface area contributed by atoms with Gasteiger partial charge in [0, 0.05) is 22.3 Å². The van der Waals surface area contributed by atoms with Crippen LogP contribution in [-0.4, -0.2) is 0 Å². The molecule has 100 valence electrons. The molecule has 3 heteroatoms. The molecule has 1 heterocycles. The molecule has 0 bridgehead atoms. The van der Waals surface area contributed by atoms with E-state index >= 15 is 0 Å². The number of hydrogen-bond acceptors (Lipinski definition) is 2. The van der Waals surface area contributed by atoms with E-state index in [1.165, 1.54) is 30.2 Å². The largest absolute Gasteiger partial charge is 0.305 e. The molecule has 1 nitrogen and oxygen atoms in total. The van der Waals surface area contributed by atoms with Crippen LogP contribution in [0, 0.1) is 5.82 Å². The summed E-state index contributed by atoms with van der Waals surface area (Å²) in [6, 6.07) is 9.33. The van der Waals surface area contributed by atoms with Gasteiger partial charge in [0.25, 0.3) is 0 Å². The van der Waals surface area contributed by atoms with Crippen molar-refractivity contribution >= 4 is 11.3 Å². The lowest BCUT2D eigenvalue weighted by Gasteiger charge is -2.13. The Morgan fingerprint density at radius 3 is 3.00 bits per heavy atom. The highest BCUT2D eigenvalue weighted by molar-refractivity contribution is 7.12. The minimum atomic E-state index is -0.166. The molecule has 1 aliphatic carbocycles. The van der Waals surface area contributed by atoms with Crippen molar-refractivity contribution in [2.75, 3.05) is 0 Å². The molecule has 1 aliphatic rings. The van der Waals surface area contributed by atoms with Gasteiger partial charge in [-0.25, -0.2) is 4.39 Å². The molecule has 0 aliphatic heterocycles. The van der Waals surface area contributed by atoms with Gasteiger partial charge in [-0.3, -0.25) is 0 Å². The summed E-state index contributed by atoms with van der Waals surface area (Å²) in [6.07, 6.45) is 3.80. The molecule has 1 unspecified atom stereocenters. The van der Waals surface area contributed by atoms with E-state index in [4.69, 9.17) is 0 Å². The summed E-state index contributed by atoms with van der Waals surface area (Å²) >= 11 is 1.93. The van der Waals surface area contributed by atoms with Crippen LogP contribution in [-0.2, 0) is 19.4 Å². The van der Waals surface area contributed by atoms with E-state index < -0.39 is 0 Å². The third kappa shape index (κ3) is 2.88. The summed E-state index contributed by atoms with van der Waals surface area (Å²) in [5.41, 5.74) is 2.55. The van der Waals surface area contributed by atoms with Crippen molar-refractivity contribution < 1.29 is 4.39 Å². The Bertz CT molecular complexity index is 554. The molecule has 3 rings (SSSR count). The van der Waals surface area contributed by atoms with Crippen molar-refractivity contribution in [3.63, 3.8) is 0 Å². The smallest absolute Gasteiger partial charge is 0.123 e. The zero-order valence-electron chi connectivity index (χ0n) is 11.1. The summed E-state index contributed by atoms with van der Waals surface area (Å²) < 4.78 is 13.2. The Labute approximate surface area is 117 Å². The van der Waals surface area contributed by atoms with Crippen LogP contribution in [0.2, 0.25) is 0 Å². The van der Waals surface area contributed by atoms with Crippen LogP contribution in [0.1, 0.15) is 40.3 Å². The molecular formula is C16H18FNS. The third-order valence-corrected chi connectivity index (χ3v) is 4.97. The lowest BCUT2D eigenvalue weighted by atomic mass is 10.1. The lowest BCUT2D eigenvalue weighted by Crippen LogP contribution is -2.17. The number of fused-ring (bicyclic) bond motifs is 1. The SMILES string of the molecule is CC(NCc1cc2c(s1)CCC2)c1cccc(F)c1. The van der Waals surface area contributed by atoms with Crippen LogP contribution < -0.4 is 5.32 Å². The molecule has 0 saturated carbocycles. The molecule has 0 radical (unpaired) electrons. The monoisotopic (exact) mass is 275 g/mol. The van der Waals surface area contributed by atoms with Crippen LogP contribution in [0.5, 0.6) is 0 Å². The van der Waals surface area contributed by atoms with Gasteiger partial charge >= 0.3 is 0 Å².